The zero-order valence-electron chi connectivity index (χ0n) is 9.38. The summed E-state index contributed by atoms with van der Waals surface area (Å²) in [6, 6.07) is 0. The Morgan fingerprint density at radius 2 is 1.80 bits per heavy atom. The van der Waals surface area contributed by atoms with Gasteiger partial charge in [-0.1, -0.05) is 6.92 Å². The first-order valence-electron chi connectivity index (χ1n) is 5.06. The van der Waals surface area contributed by atoms with E-state index in [-0.39, 0.29) is 0 Å². The van der Waals surface area contributed by atoms with Crippen molar-refractivity contribution in [1.29, 1.82) is 0 Å². The quantitative estimate of drug-likeness (QED) is 0.430. The zero-order chi connectivity index (χ0) is 11.6. The molecule has 0 atom stereocenters. The van der Waals surface area contributed by atoms with Crippen LogP contribution in [0.5, 0.6) is 0 Å². The largest absolute Gasteiger partial charge is 0.383 e. The number of nitrogens with one attached hydrogen (secondary N) is 3. The Morgan fingerprint density at radius 1 is 1.13 bits per heavy atom. The number of methoxy groups -OCH3 is 1. The SMILES string of the molecule is CCNCCCNS(=O)(=O)NCCOC. The highest BCUT2D eigenvalue weighted by molar-refractivity contribution is 7.87. The average Bonchev–Trinajstić information content (AvgIpc) is 2.17. The van der Waals surface area contributed by atoms with Crippen LogP contribution in [0, 0.1) is 0 Å². The predicted molar refractivity (Wildman–Crippen MR) is 60.0 cm³/mol. The summed E-state index contributed by atoms with van der Waals surface area (Å²) < 4.78 is 32.0. The summed E-state index contributed by atoms with van der Waals surface area (Å²) in [5, 5.41) is 3.11. The van der Waals surface area contributed by atoms with Crippen LogP contribution in [0.15, 0.2) is 0 Å². The fraction of sp³-hybridized carbons (Fsp3) is 1.00. The molecule has 0 aromatic rings. The molecule has 7 heteroatoms. The third-order valence-electron chi connectivity index (χ3n) is 1.67. The number of rotatable bonds is 10. The molecule has 15 heavy (non-hydrogen) atoms. The van der Waals surface area contributed by atoms with Gasteiger partial charge in [-0.15, -0.1) is 0 Å². The molecule has 0 amide bonds. The van der Waals surface area contributed by atoms with Gasteiger partial charge in [-0.2, -0.15) is 13.1 Å². The van der Waals surface area contributed by atoms with Gasteiger partial charge < -0.3 is 10.1 Å². The minimum absolute atomic E-state index is 0.291. The Morgan fingerprint density at radius 3 is 2.40 bits per heavy atom. The van der Waals surface area contributed by atoms with E-state index in [1.807, 2.05) is 6.92 Å². The van der Waals surface area contributed by atoms with Gasteiger partial charge in [-0.05, 0) is 19.5 Å². The molecule has 0 aromatic heterocycles. The van der Waals surface area contributed by atoms with Crippen LogP contribution >= 0.6 is 0 Å². The second-order valence-electron chi connectivity index (χ2n) is 2.99. The monoisotopic (exact) mass is 239 g/mol. The maximum atomic E-state index is 11.2. The molecule has 3 N–H and O–H groups in total. The second-order valence-corrected chi connectivity index (χ2v) is 4.58. The van der Waals surface area contributed by atoms with Crippen molar-refractivity contribution in [2.75, 3.05) is 39.9 Å². The predicted octanol–water partition coefficient (Wildman–Crippen LogP) is -0.944. The molecule has 0 rings (SSSR count). The lowest BCUT2D eigenvalue weighted by atomic mass is 10.4. The van der Waals surface area contributed by atoms with Crippen LogP contribution in [0.3, 0.4) is 0 Å². The average molecular weight is 239 g/mol. The van der Waals surface area contributed by atoms with Gasteiger partial charge in [0.2, 0.25) is 0 Å². The first kappa shape index (κ1) is 14.8. The van der Waals surface area contributed by atoms with Gasteiger partial charge in [-0.3, -0.25) is 0 Å². The molecule has 0 aliphatic carbocycles. The van der Waals surface area contributed by atoms with E-state index in [0.717, 1.165) is 19.5 Å². The molecule has 0 heterocycles. The maximum absolute atomic E-state index is 11.2. The third kappa shape index (κ3) is 10.1. The van der Waals surface area contributed by atoms with Crippen molar-refractivity contribution < 1.29 is 13.2 Å². The Labute approximate surface area is 92.0 Å². The summed E-state index contributed by atoms with van der Waals surface area (Å²) in [6.45, 7) is 4.83. The maximum Gasteiger partial charge on any atom is 0.276 e. The molecule has 0 saturated heterocycles. The molecule has 0 saturated carbocycles. The molecule has 0 aliphatic rings. The molecular weight excluding hydrogens is 218 g/mol. The number of hydrogen-bond donors (Lipinski definition) is 3. The van der Waals surface area contributed by atoms with E-state index >= 15 is 0 Å². The summed E-state index contributed by atoms with van der Waals surface area (Å²) in [7, 11) is -1.82. The minimum Gasteiger partial charge on any atom is -0.383 e. The van der Waals surface area contributed by atoms with Crippen LogP contribution in [-0.2, 0) is 14.9 Å². The molecule has 6 nitrogen and oxygen atoms in total. The fourth-order valence-corrected chi connectivity index (χ4v) is 1.79. The lowest BCUT2D eigenvalue weighted by Crippen LogP contribution is -2.39. The lowest BCUT2D eigenvalue weighted by Gasteiger charge is -2.07. The van der Waals surface area contributed by atoms with Crippen molar-refractivity contribution in [2.24, 2.45) is 0 Å². The van der Waals surface area contributed by atoms with Crippen LogP contribution in [0.2, 0.25) is 0 Å². The summed E-state index contributed by atoms with van der Waals surface area (Å²) in [6.07, 6.45) is 0.777. The summed E-state index contributed by atoms with van der Waals surface area (Å²) in [5.41, 5.74) is 0. The van der Waals surface area contributed by atoms with Gasteiger partial charge in [0.25, 0.3) is 10.2 Å². The minimum atomic E-state index is -3.35. The van der Waals surface area contributed by atoms with Gasteiger partial charge in [0, 0.05) is 20.2 Å². The van der Waals surface area contributed by atoms with E-state index in [9.17, 15) is 8.42 Å². The highest BCUT2D eigenvalue weighted by Gasteiger charge is 2.06. The Bertz CT molecular complexity index is 231. The third-order valence-corrected chi connectivity index (χ3v) is 2.84. The van der Waals surface area contributed by atoms with Gasteiger partial charge in [0.15, 0.2) is 0 Å². The normalized spacial score (nSPS) is 11.9. The Hall–Kier alpha value is -0.210. The van der Waals surface area contributed by atoms with Crippen LogP contribution < -0.4 is 14.8 Å². The van der Waals surface area contributed by atoms with Crippen molar-refractivity contribution in [2.45, 2.75) is 13.3 Å². The highest BCUT2D eigenvalue weighted by Crippen LogP contribution is 1.79. The summed E-state index contributed by atoms with van der Waals surface area (Å²) >= 11 is 0. The van der Waals surface area contributed by atoms with Gasteiger partial charge >= 0.3 is 0 Å². The molecule has 0 aliphatic heterocycles. The lowest BCUT2D eigenvalue weighted by molar-refractivity contribution is 0.204. The smallest absolute Gasteiger partial charge is 0.276 e. The zero-order valence-corrected chi connectivity index (χ0v) is 10.2. The van der Waals surface area contributed by atoms with E-state index in [1.54, 1.807) is 0 Å². The van der Waals surface area contributed by atoms with Gasteiger partial charge in [0.1, 0.15) is 0 Å². The van der Waals surface area contributed by atoms with E-state index in [2.05, 4.69) is 14.8 Å². The van der Waals surface area contributed by atoms with Gasteiger partial charge in [0.05, 0.1) is 6.61 Å². The molecule has 0 fully saturated rings. The molecule has 0 bridgehead atoms. The van der Waals surface area contributed by atoms with E-state index < -0.39 is 10.2 Å². The summed E-state index contributed by atoms with van der Waals surface area (Å²) in [4.78, 5) is 0. The number of hydrogen-bond acceptors (Lipinski definition) is 4. The van der Waals surface area contributed by atoms with Gasteiger partial charge in [-0.25, -0.2) is 4.72 Å². The van der Waals surface area contributed by atoms with Crippen LogP contribution in [0.1, 0.15) is 13.3 Å². The topological polar surface area (TPSA) is 79.5 Å². The van der Waals surface area contributed by atoms with Crippen molar-refractivity contribution >= 4 is 10.2 Å². The van der Waals surface area contributed by atoms with Crippen LogP contribution in [0.4, 0.5) is 0 Å². The fourth-order valence-electron chi connectivity index (χ4n) is 0.926. The van der Waals surface area contributed by atoms with Crippen molar-refractivity contribution in [3.05, 3.63) is 0 Å². The standard InChI is InChI=1S/C8H21N3O3S/c1-3-9-5-4-6-10-15(12,13)11-7-8-14-2/h9-11H,3-8H2,1-2H3. The van der Waals surface area contributed by atoms with E-state index in [1.165, 1.54) is 7.11 Å². The van der Waals surface area contributed by atoms with Crippen molar-refractivity contribution in [3.8, 4) is 0 Å². The highest BCUT2D eigenvalue weighted by atomic mass is 32.2. The molecule has 0 spiro atoms. The van der Waals surface area contributed by atoms with Crippen LogP contribution in [-0.4, -0.2) is 48.3 Å². The van der Waals surface area contributed by atoms with Crippen molar-refractivity contribution in [1.82, 2.24) is 14.8 Å². The molecular formula is C8H21N3O3S. The Kier molecular flexibility index (Phi) is 8.92. The second kappa shape index (κ2) is 9.05. The van der Waals surface area contributed by atoms with Crippen LogP contribution in [0.25, 0.3) is 0 Å². The molecule has 0 radical (unpaired) electrons. The Balaban J connectivity index is 3.47. The van der Waals surface area contributed by atoms with E-state index in [0.29, 0.717) is 19.7 Å². The molecule has 0 unspecified atom stereocenters. The first-order valence-corrected chi connectivity index (χ1v) is 6.54. The van der Waals surface area contributed by atoms with E-state index in [4.69, 9.17) is 4.74 Å². The first-order chi connectivity index (χ1) is 7.12. The molecule has 0 aromatic carbocycles. The summed E-state index contributed by atoms with van der Waals surface area (Å²) in [5.74, 6) is 0. The number of ether oxygens (including phenoxy) is 1. The van der Waals surface area contributed by atoms with Crippen molar-refractivity contribution in [3.63, 3.8) is 0 Å². The molecule has 92 valence electrons.